The van der Waals surface area contributed by atoms with E-state index < -0.39 is 5.92 Å². The maximum atomic E-state index is 13.0. The zero-order chi connectivity index (χ0) is 20.7. The van der Waals surface area contributed by atoms with E-state index in [4.69, 9.17) is 9.15 Å². The van der Waals surface area contributed by atoms with Crippen LogP contribution in [0, 0.1) is 0 Å². The second kappa shape index (κ2) is 7.11. The van der Waals surface area contributed by atoms with Crippen LogP contribution < -0.4 is 10.1 Å². The number of aromatic nitrogens is 2. The van der Waals surface area contributed by atoms with Gasteiger partial charge < -0.3 is 14.5 Å². The minimum absolute atomic E-state index is 0.0227. The molecule has 5 rings (SSSR count). The average Bonchev–Trinajstić information content (AvgIpc) is 3.35. The van der Waals surface area contributed by atoms with Crippen molar-refractivity contribution in [2.75, 3.05) is 12.4 Å². The summed E-state index contributed by atoms with van der Waals surface area (Å²) in [5.41, 5.74) is 3.60. The van der Waals surface area contributed by atoms with Crippen LogP contribution in [0.2, 0.25) is 0 Å². The fourth-order valence-corrected chi connectivity index (χ4v) is 3.75. The molecule has 1 unspecified atom stereocenters. The Morgan fingerprint density at radius 1 is 1.17 bits per heavy atom. The first-order valence-corrected chi connectivity index (χ1v) is 9.47. The van der Waals surface area contributed by atoms with Crippen molar-refractivity contribution in [3.63, 3.8) is 0 Å². The summed E-state index contributed by atoms with van der Waals surface area (Å²) in [6, 6.07) is 16.1. The summed E-state index contributed by atoms with van der Waals surface area (Å²) >= 11 is 0. The molecule has 1 N–H and O–H groups in total. The summed E-state index contributed by atoms with van der Waals surface area (Å²) in [6.45, 7) is 0. The summed E-state index contributed by atoms with van der Waals surface area (Å²) in [4.78, 5) is 33.8. The predicted octanol–water partition coefficient (Wildman–Crippen LogP) is 4.21. The Labute approximate surface area is 171 Å². The average molecular weight is 399 g/mol. The van der Waals surface area contributed by atoms with Crippen molar-refractivity contribution in [3.8, 4) is 17.2 Å². The lowest BCUT2D eigenvalue weighted by molar-refractivity contribution is -0.117. The topological polar surface area (TPSA) is 94.3 Å². The maximum Gasteiger partial charge on any atom is 0.232 e. The van der Waals surface area contributed by atoms with Crippen LogP contribution in [-0.2, 0) is 4.79 Å². The summed E-state index contributed by atoms with van der Waals surface area (Å²) in [5, 5.41) is 2.91. The SMILES string of the molecule is COc1ccc(-c2nc3ncccc3o2)cc1NC(=O)C1CC(=O)c2ccccc21. The van der Waals surface area contributed by atoms with E-state index in [2.05, 4.69) is 15.3 Å². The van der Waals surface area contributed by atoms with Gasteiger partial charge in [0.05, 0.1) is 18.7 Å². The second-order valence-corrected chi connectivity index (χ2v) is 7.02. The van der Waals surface area contributed by atoms with Crippen molar-refractivity contribution in [2.24, 2.45) is 0 Å². The number of benzene rings is 2. The van der Waals surface area contributed by atoms with Crippen LogP contribution in [-0.4, -0.2) is 28.8 Å². The van der Waals surface area contributed by atoms with E-state index in [1.54, 1.807) is 48.7 Å². The van der Waals surface area contributed by atoms with Crippen LogP contribution in [0.4, 0.5) is 5.69 Å². The Bertz CT molecular complexity index is 1260. The molecule has 0 saturated carbocycles. The molecule has 4 aromatic rings. The summed E-state index contributed by atoms with van der Waals surface area (Å²) in [7, 11) is 1.53. The molecule has 7 nitrogen and oxygen atoms in total. The van der Waals surface area contributed by atoms with Crippen molar-refractivity contribution in [2.45, 2.75) is 12.3 Å². The first kappa shape index (κ1) is 18.1. The lowest BCUT2D eigenvalue weighted by Gasteiger charge is -2.15. The minimum Gasteiger partial charge on any atom is -0.495 e. The van der Waals surface area contributed by atoms with Gasteiger partial charge in [-0.3, -0.25) is 9.59 Å². The van der Waals surface area contributed by atoms with Crippen LogP contribution in [0.3, 0.4) is 0 Å². The van der Waals surface area contributed by atoms with Gasteiger partial charge in [-0.2, -0.15) is 4.98 Å². The van der Waals surface area contributed by atoms with Crippen molar-refractivity contribution in [1.29, 1.82) is 0 Å². The number of ether oxygens (including phenoxy) is 1. The van der Waals surface area contributed by atoms with Crippen LogP contribution in [0.5, 0.6) is 5.75 Å². The van der Waals surface area contributed by atoms with Crippen molar-refractivity contribution >= 4 is 28.6 Å². The zero-order valence-corrected chi connectivity index (χ0v) is 16.1. The predicted molar refractivity (Wildman–Crippen MR) is 111 cm³/mol. The highest BCUT2D eigenvalue weighted by molar-refractivity contribution is 6.09. The number of carbonyl (C=O) groups is 2. The Balaban J connectivity index is 1.47. The monoisotopic (exact) mass is 399 g/mol. The van der Waals surface area contributed by atoms with Gasteiger partial charge >= 0.3 is 0 Å². The molecule has 0 saturated heterocycles. The van der Waals surface area contributed by atoms with Crippen molar-refractivity contribution < 1.29 is 18.7 Å². The number of Topliss-reactive ketones (excluding diaryl/α,β-unsaturated/α-hetero) is 1. The number of anilines is 1. The van der Waals surface area contributed by atoms with Crippen molar-refractivity contribution in [1.82, 2.24) is 9.97 Å². The lowest BCUT2D eigenvalue weighted by atomic mass is 10.0. The number of amides is 1. The number of nitrogens with one attached hydrogen (secondary N) is 1. The van der Waals surface area contributed by atoms with Gasteiger partial charge in [0.15, 0.2) is 17.0 Å². The summed E-state index contributed by atoms with van der Waals surface area (Å²) < 4.78 is 11.2. The highest BCUT2D eigenvalue weighted by Gasteiger charge is 2.34. The molecule has 0 fully saturated rings. The van der Waals surface area contributed by atoms with Gasteiger partial charge in [-0.15, -0.1) is 0 Å². The van der Waals surface area contributed by atoms with E-state index in [1.807, 2.05) is 12.1 Å². The van der Waals surface area contributed by atoms with Crippen LogP contribution in [0.1, 0.15) is 28.3 Å². The zero-order valence-electron chi connectivity index (χ0n) is 16.1. The molecule has 148 valence electrons. The van der Waals surface area contributed by atoms with Gasteiger partial charge in [0.25, 0.3) is 0 Å². The third-order valence-corrected chi connectivity index (χ3v) is 5.21. The van der Waals surface area contributed by atoms with E-state index in [-0.39, 0.29) is 18.1 Å². The molecule has 2 aromatic heterocycles. The Kier molecular flexibility index (Phi) is 4.28. The third kappa shape index (κ3) is 3.00. The van der Waals surface area contributed by atoms with E-state index in [1.165, 1.54) is 7.11 Å². The minimum atomic E-state index is -0.532. The summed E-state index contributed by atoms with van der Waals surface area (Å²) in [6.07, 6.45) is 1.80. The van der Waals surface area contributed by atoms with Gasteiger partial charge in [-0.05, 0) is 35.9 Å². The maximum absolute atomic E-state index is 13.0. The smallest absolute Gasteiger partial charge is 0.232 e. The van der Waals surface area contributed by atoms with Crippen LogP contribution >= 0.6 is 0 Å². The van der Waals surface area contributed by atoms with Gasteiger partial charge in [0.1, 0.15) is 5.75 Å². The normalized spacial score (nSPS) is 15.2. The van der Waals surface area contributed by atoms with E-state index in [0.29, 0.717) is 39.7 Å². The number of hydrogen-bond acceptors (Lipinski definition) is 6. The fourth-order valence-electron chi connectivity index (χ4n) is 3.75. The van der Waals surface area contributed by atoms with Gasteiger partial charge in [-0.25, -0.2) is 4.98 Å². The number of nitrogens with zero attached hydrogens (tertiary/aromatic N) is 2. The standard InChI is InChI=1S/C23H17N3O4/c1-29-19-9-8-13(23-26-21-20(30-23)7-4-10-24-21)11-17(19)25-22(28)16-12-18(27)15-6-3-2-5-14(15)16/h2-11,16H,12H2,1H3,(H,25,28). The number of hydrogen-bond donors (Lipinski definition) is 1. The van der Waals surface area contributed by atoms with Crippen LogP contribution in [0.15, 0.2) is 65.2 Å². The molecule has 1 amide bonds. The summed E-state index contributed by atoms with van der Waals surface area (Å²) in [5.74, 6) is 0.0752. The quantitative estimate of drug-likeness (QED) is 0.552. The molecule has 1 aliphatic rings. The molecule has 2 heterocycles. The molecule has 0 radical (unpaired) electrons. The van der Waals surface area contributed by atoms with Gasteiger partial charge in [0, 0.05) is 23.7 Å². The highest BCUT2D eigenvalue weighted by atomic mass is 16.5. The molecule has 0 bridgehead atoms. The lowest BCUT2D eigenvalue weighted by Crippen LogP contribution is -2.20. The van der Waals surface area contributed by atoms with E-state index in [0.717, 1.165) is 5.56 Å². The Morgan fingerprint density at radius 2 is 2.03 bits per heavy atom. The largest absolute Gasteiger partial charge is 0.495 e. The number of fused-ring (bicyclic) bond motifs is 2. The number of oxazole rings is 1. The molecular formula is C23H17N3O4. The van der Waals surface area contributed by atoms with Crippen LogP contribution in [0.25, 0.3) is 22.7 Å². The first-order chi connectivity index (χ1) is 14.6. The van der Waals surface area contributed by atoms with Gasteiger partial charge in [-0.1, -0.05) is 24.3 Å². The Hall–Kier alpha value is -4.00. The molecule has 7 heteroatoms. The first-order valence-electron chi connectivity index (χ1n) is 9.47. The van der Waals surface area contributed by atoms with E-state index in [9.17, 15) is 9.59 Å². The Morgan fingerprint density at radius 3 is 2.87 bits per heavy atom. The molecule has 1 aliphatic carbocycles. The van der Waals surface area contributed by atoms with Crippen molar-refractivity contribution in [3.05, 3.63) is 71.9 Å². The second-order valence-electron chi connectivity index (χ2n) is 7.02. The molecule has 1 atom stereocenters. The number of pyridine rings is 1. The molecule has 0 aliphatic heterocycles. The van der Waals surface area contributed by atoms with E-state index >= 15 is 0 Å². The molecule has 2 aromatic carbocycles. The number of rotatable bonds is 4. The molecular weight excluding hydrogens is 382 g/mol. The third-order valence-electron chi connectivity index (χ3n) is 5.21. The number of carbonyl (C=O) groups excluding carboxylic acids is 2. The molecule has 0 spiro atoms. The fraction of sp³-hybridized carbons (Fsp3) is 0.130. The molecule has 30 heavy (non-hydrogen) atoms. The highest BCUT2D eigenvalue weighted by Crippen LogP contribution is 2.36. The number of methoxy groups -OCH3 is 1. The number of ketones is 1. The van der Waals surface area contributed by atoms with Gasteiger partial charge in [0.2, 0.25) is 11.8 Å².